The van der Waals surface area contributed by atoms with Gasteiger partial charge in [0.1, 0.15) is 0 Å². The van der Waals surface area contributed by atoms with Crippen LogP contribution in [0.5, 0.6) is 0 Å². The topological polar surface area (TPSA) is 45.6 Å². The average molecular weight is 214 g/mol. The van der Waals surface area contributed by atoms with Gasteiger partial charge in [0.25, 0.3) is 0 Å². The van der Waals surface area contributed by atoms with E-state index in [9.17, 15) is 0 Å². The molecular weight excluding hydrogens is 200 g/mol. The minimum absolute atomic E-state index is 0.0797. The monoisotopic (exact) mass is 214 g/mol. The van der Waals surface area contributed by atoms with Crippen molar-refractivity contribution in [2.45, 2.75) is 19.6 Å². The van der Waals surface area contributed by atoms with Gasteiger partial charge < -0.3 is 14.7 Å². The molecule has 1 atom stereocenters. The number of anilines is 1. The fourth-order valence-corrected chi connectivity index (χ4v) is 2.41. The molecule has 1 N–H and O–H groups in total. The normalized spacial score (nSPS) is 22.7. The molecule has 0 radical (unpaired) electrons. The van der Waals surface area contributed by atoms with Crippen LogP contribution >= 0.6 is 11.3 Å². The largest absolute Gasteiger partial charge is 0.391 e. The second-order valence-corrected chi connectivity index (χ2v) is 4.48. The summed E-state index contributed by atoms with van der Waals surface area (Å²) in [6.07, 6.45) is 1.74. The van der Waals surface area contributed by atoms with Crippen molar-refractivity contribution < 1.29 is 9.84 Å². The van der Waals surface area contributed by atoms with Crippen LogP contribution in [-0.4, -0.2) is 35.9 Å². The van der Waals surface area contributed by atoms with E-state index in [0.29, 0.717) is 6.04 Å². The molecule has 0 aliphatic carbocycles. The van der Waals surface area contributed by atoms with Gasteiger partial charge in [-0.25, -0.2) is 4.98 Å². The number of rotatable bonds is 2. The first kappa shape index (κ1) is 9.89. The number of aromatic nitrogens is 1. The van der Waals surface area contributed by atoms with Gasteiger partial charge in [-0.15, -0.1) is 0 Å². The predicted molar refractivity (Wildman–Crippen MR) is 55.7 cm³/mol. The van der Waals surface area contributed by atoms with E-state index in [0.717, 1.165) is 29.8 Å². The maximum absolute atomic E-state index is 8.94. The van der Waals surface area contributed by atoms with Crippen LogP contribution in [0, 0.1) is 0 Å². The van der Waals surface area contributed by atoms with Crippen LogP contribution in [0.2, 0.25) is 0 Å². The summed E-state index contributed by atoms with van der Waals surface area (Å²) < 4.78 is 5.35. The summed E-state index contributed by atoms with van der Waals surface area (Å²) >= 11 is 1.55. The number of nitrogens with zero attached hydrogens (tertiary/aromatic N) is 2. The van der Waals surface area contributed by atoms with Gasteiger partial charge in [0.2, 0.25) is 0 Å². The molecule has 1 aliphatic heterocycles. The molecule has 5 heteroatoms. The van der Waals surface area contributed by atoms with Gasteiger partial charge in [0.05, 0.1) is 30.7 Å². The molecule has 78 valence electrons. The third kappa shape index (κ3) is 1.89. The zero-order valence-corrected chi connectivity index (χ0v) is 8.96. The zero-order chi connectivity index (χ0) is 9.97. The lowest BCUT2D eigenvalue weighted by atomic mass is 10.3. The van der Waals surface area contributed by atoms with E-state index >= 15 is 0 Å². The summed E-state index contributed by atoms with van der Waals surface area (Å²) in [6, 6.07) is 0.376. The van der Waals surface area contributed by atoms with Crippen molar-refractivity contribution in [1.29, 1.82) is 0 Å². The Bertz CT molecular complexity index is 303. The van der Waals surface area contributed by atoms with E-state index in [-0.39, 0.29) is 6.61 Å². The smallest absolute Gasteiger partial charge is 0.185 e. The third-order valence-corrected chi connectivity index (χ3v) is 3.33. The van der Waals surface area contributed by atoms with Crippen molar-refractivity contribution in [1.82, 2.24) is 4.98 Å². The number of aliphatic hydroxyl groups is 1. The highest BCUT2D eigenvalue weighted by Crippen LogP contribution is 2.25. The lowest BCUT2D eigenvalue weighted by Gasteiger charge is -2.32. The Morgan fingerprint density at radius 1 is 1.79 bits per heavy atom. The fourth-order valence-electron chi connectivity index (χ4n) is 1.51. The molecule has 0 saturated carbocycles. The summed E-state index contributed by atoms with van der Waals surface area (Å²) in [4.78, 5) is 7.43. The first-order valence-corrected chi connectivity index (χ1v) is 5.53. The fraction of sp³-hybridized carbons (Fsp3) is 0.667. The van der Waals surface area contributed by atoms with Crippen LogP contribution in [-0.2, 0) is 11.3 Å². The molecule has 0 bridgehead atoms. The molecule has 2 rings (SSSR count). The minimum Gasteiger partial charge on any atom is -0.391 e. The molecule has 1 aromatic heterocycles. The highest BCUT2D eigenvalue weighted by molar-refractivity contribution is 7.15. The van der Waals surface area contributed by atoms with Crippen LogP contribution in [0.1, 0.15) is 11.8 Å². The van der Waals surface area contributed by atoms with Gasteiger partial charge in [0.15, 0.2) is 5.13 Å². The van der Waals surface area contributed by atoms with Gasteiger partial charge in [-0.3, -0.25) is 0 Å². The van der Waals surface area contributed by atoms with Crippen molar-refractivity contribution in [3.05, 3.63) is 11.1 Å². The first-order valence-electron chi connectivity index (χ1n) is 4.71. The number of aliphatic hydroxyl groups excluding tert-OH is 1. The summed E-state index contributed by atoms with van der Waals surface area (Å²) in [7, 11) is 0. The highest BCUT2D eigenvalue weighted by Gasteiger charge is 2.21. The van der Waals surface area contributed by atoms with E-state index < -0.39 is 0 Å². The molecule has 0 aromatic carbocycles. The second-order valence-electron chi connectivity index (χ2n) is 3.38. The number of hydrogen-bond acceptors (Lipinski definition) is 5. The van der Waals surface area contributed by atoms with Crippen molar-refractivity contribution in [2.75, 3.05) is 24.7 Å². The molecular formula is C9H14N2O2S. The standard InChI is InChI=1S/C9H14N2O2S/c1-7-6-13-3-2-11(7)9-10-4-8(5-12)14-9/h4,7,12H,2-3,5-6H2,1H3. The van der Waals surface area contributed by atoms with Gasteiger partial charge in [-0.05, 0) is 6.92 Å². The lowest BCUT2D eigenvalue weighted by Crippen LogP contribution is -2.43. The molecule has 1 aliphatic rings. The van der Waals surface area contributed by atoms with Crippen molar-refractivity contribution in [3.8, 4) is 0 Å². The number of thiazole rings is 1. The van der Waals surface area contributed by atoms with Gasteiger partial charge in [-0.2, -0.15) is 0 Å². The Hall–Kier alpha value is -0.650. The zero-order valence-electron chi connectivity index (χ0n) is 8.14. The second kappa shape index (κ2) is 4.25. The Kier molecular flexibility index (Phi) is 3.00. The molecule has 1 saturated heterocycles. The van der Waals surface area contributed by atoms with Crippen molar-refractivity contribution in [3.63, 3.8) is 0 Å². The van der Waals surface area contributed by atoms with Crippen molar-refractivity contribution >= 4 is 16.5 Å². The lowest BCUT2D eigenvalue weighted by molar-refractivity contribution is 0.0989. The molecule has 0 spiro atoms. The van der Waals surface area contributed by atoms with Gasteiger partial charge in [0, 0.05) is 12.7 Å². The number of morpholine rings is 1. The predicted octanol–water partition coefficient (Wildman–Crippen LogP) is 0.860. The number of hydrogen-bond donors (Lipinski definition) is 1. The van der Waals surface area contributed by atoms with Crippen LogP contribution in [0.4, 0.5) is 5.13 Å². The van der Waals surface area contributed by atoms with Crippen molar-refractivity contribution in [2.24, 2.45) is 0 Å². The van der Waals surface area contributed by atoms with Gasteiger partial charge in [-0.1, -0.05) is 11.3 Å². The Morgan fingerprint density at radius 3 is 3.29 bits per heavy atom. The SMILES string of the molecule is CC1COCCN1c1ncc(CO)s1. The molecule has 1 aromatic rings. The first-order chi connectivity index (χ1) is 6.81. The Balaban J connectivity index is 2.12. The number of ether oxygens (including phenoxy) is 1. The summed E-state index contributed by atoms with van der Waals surface area (Å²) in [5.74, 6) is 0. The van der Waals surface area contributed by atoms with E-state index in [1.54, 1.807) is 17.5 Å². The molecule has 4 nitrogen and oxygen atoms in total. The van der Waals surface area contributed by atoms with Crippen LogP contribution in [0.25, 0.3) is 0 Å². The molecule has 1 fully saturated rings. The molecule has 0 amide bonds. The maximum atomic E-state index is 8.94. The van der Waals surface area contributed by atoms with Crippen LogP contribution in [0.3, 0.4) is 0 Å². The quantitative estimate of drug-likeness (QED) is 0.793. The Morgan fingerprint density at radius 2 is 2.64 bits per heavy atom. The van der Waals surface area contributed by atoms with E-state index in [4.69, 9.17) is 9.84 Å². The van der Waals surface area contributed by atoms with Crippen LogP contribution < -0.4 is 4.90 Å². The Labute approximate surface area is 87.1 Å². The summed E-state index contributed by atoms with van der Waals surface area (Å²) in [6.45, 7) is 4.61. The van der Waals surface area contributed by atoms with Gasteiger partial charge >= 0.3 is 0 Å². The third-order valence-electron chi connectivity index (χ3n) is 2.31. The summed E-state index contributed by atoms with van der Waals surface area (Å²) in [5.41, 5.74) is 0. The van der Waals surface area contributed by atoms with E-state index in [2.05, 4.69) is 16.8 Å². The maximum Gasteiger partial charge on any atom is 0.185 e. The summed E-state index contributed by atoms with van der Waals surface area (Å²) in [5, 5.41) is 9.93. The molecule has 2 heterocycles. The van der Waals surface area contributed by atoms with E-state index in [1.165, 1.54) is 0 Å². The minimum atomic E-state index is 0.0797. The average Bonchev–Trinajstić information content (AvgIpc) is 2.67. The van der Waals surface area contributed by atoms with Crippen LogP contribution in [0.15, 0.2) is 6.20 Å². The molecule has 1 unspecified atom stereocenters. The molecule has 14 heavy (non-hydrogen) atoms. The highest BCUT2D eigenvalue weighted by atomic mass is 32.1. The van der Waals surface area contributed by atoms with E-state index in [1.807, 2.05) is 0 Å².